The highest BCUT2D eigenvalue weighted by Gasteiger charge is 2.43. The molecule has 7 heteroatoms. The van der Waals surface area contributed by atoms with Crippen molar-refractivity contribution in [3.05, 3.63) is 0 Å². The molecule has 3 nitrogen and oxygen atoms in total. The Morgan fingerprint density at radius 2 is 2.00 bits per heavy atom. The predicted molar refractivity (Wildman–Crippen MR) is 25.9 cm³/mol. The fourth-order valence-electron chi connectivity index (χ4n) is 0.184. The number of nitrogens with one attached hydrogen (secondary N) is 1. The van der Waals surface area contributed by atoms with Crippen LogP contribution in [0.2, 0.25) is 0 Å². The van der Waals surface area contributed by atoms with Crippen molar-refractivity contribution >= 4 is 5.91 Å². The highest BCUT2D eigenvalue weighted by atomic mass is 19.3. The SMILES string of the molecule is CC(=O)NOC(F)(F)C(F)F. The molecule has 0 aliphatic heterocycles. The topological polar surface area (TPSA) is 38.3 Å². The van der Waals surface area contributed by atoms with Gasteiger partial charge in [0.05, 0.1) is 0 Å². The quantitative estimate of drug-likeness (QED) is 0.511. The van der Waals surface area contributed by atoms with Crippen LogP contribution in [0.3, 0.4) is 0 Å². The van der Waals surface area contributed by atoms with E-state index in [9.17, 15) is 22.4 Å². The minimum atomic E-state index is -4.63. The summed E-state index contributed by atoms with van der Waals surface area (Å²) in [6.07, 6.45) is -8.60. The van der Waals surface area contributed by atoms with Crippen LogP contribution < -0.4 is 5.48 Å². The number of rotatable bonds is 3. The fourth-order valence-corrected chi connectivity index (χ4v) is 0.184. The normalized spacial score (nSPS) is 11.8. The van der Waals surface area contributed by atoms with Gasteiger partial charge in [0, 0.05) is 6.92 Å². The molecule has 0 aromatic carbocycles. The van der Waals surface area contributed by atoms with Crippen LogP contribution in [0.4, 0.5) is 17.6 Å². The molecule has 11 heavy (non-hydrogen) atoms. The maximum Gasteiger partial charge on any atom is 0.436 e. The lowest BCUT2D eigenvalue weighted by atomic mass is 10.7. The lowest BCUT2D eigenvalue weighted by Gasteiger charge is -2.13. The van der Waals surface area contributed by atoms with Crippen LogP contribution in [-0.4, -0.2) is 18.4 Å². The van der Waals surface area contributed by atoms with Crippen LogP contribution in [0.25, 0.3) is 0 Å². The molecule has 0 bridgehead atoms. The number of hydroxylamine groups is 1. The zero-order chi connectivity index (χ0) is 9.07. The minimum absolute atomic E-state index is 0.849. The van der Waals surface area contributed by atoms with Gasteiger partial charge in [-0.3, -0.25) is 4.79 Å². The summed E-state index contributed by atoms with van der Waals surface area (Å²) in [5.41, 5.74) is 1.10. The van der Waals surface area contributed by atoms with Crippen LogP contribution in [0.5, 0.6) is 0 Å². The van der Waals surface area contributed by atoms with Crippen LogP contribution in [0.1, 0.15) is 6.92 Å². The van der Waals surface area contributed by atoms with Crippen molar-refractivity contribution in [2.75, 3.05) is 0 Å². The third-order valence-corrected chi connectivity index (χ3v) is 0.585. The van der Waals surface area contributed by atoms with Gasteiger partial charge < -0.3 is 0 Å². The molecular formula is C4H5F4NO2. The summed E-state index contributed by atoms with van der Waals surface area (Å²) in [4.78, 5) is 13.0. The van der Waals surface area contributed by atoms with Gasteiger partial charge in [0.25, 0.3) is 0 Å². The Balaban J connectivity index is 3.82. The molecule has 66 valence electrons. The number of halogens is 4. The number of carbonyl (C=O) groups is 1. The third-order valence-electron chi connectivity index (χ3n) is 0.585. The molecule has 0 heterocycles. The van der Waals surface area contributed by atoms with Gasteiger partial charge in [-0.25, -0.2) is 14.3 Å². The number of carbonyl (C=O) groups excluding carboxylic acids is 1. The number of amides is 1. The van der Waals surface area contributed by atoms with Crippen molar-refractivity contribution in [3.63, 3.8) is 0 Å². The second-order valence-electron chi connectivity index (χ2n) is 1.62. The summed E-state index contributed by atoms with van der Waals surface area (Å²) in [6, 6.07) is 0. The van der Waals surface area contributed by atoms with Crippen molar-refractivity contribution in [2.45, 2.75) is 19.5 Å². The van der Waals surface area contributed by atoms with Crippen molar-refractivity contribution in [1.29, 1.82) is 0 Å². The van der Waals surface area contributed by atoms with Crippen LogP contribution in [-0.2, 0) is 9.63 Å². The van der Waals surface area contributed by atoms with Gasteiger partial charge in [0.15, 0.2) is 0 Å². The Kier molecular flexibility index (Phi) is 3.24. The molecule has 0 saturated carbocycles. The first-order valence-corrected chi connectivity index (χ1v) is 2.47. The Bertz CT molecular complexity index is 149. The highest BCUT2D eigenvalue weighted by molar-refractivity contribution is 5.71. The fraction of sp³-hybridized carbons (Fsp3) is 0.750. The molecule has 0 saturated heterocycles. The van der Waals surface area contributed by atoms with Gasteiger partial charge in [0.1, 0.15) is 0 Å². The first-order valence-electron chi connectivity index (χ1n) is 2.47. The first-order chi connectivity index (χ1) is 4.86. The standard InChI is InChI=1S/C4H5F4NO2/c1-2(10)9-11-4(7,8)3(5)6/h3H,1H3,(H,9,10). The maximum absolute atomic E-state index is 11.7. The van der Waals surface area contributed by atoms with E-state index in [1.54, 1.807) is 0 Å². The molecular weight excluding hydrogens is 170 g/mol. The lowest BCUT2D eigenvalue weighted by molar-refractivity contribution is -0.321. The largest absolute Gasteiger partial charge is 0.436 e. The molecule has 1 N–H and O–H groups in total. The molecule has 0 radical (unpaired) electrons. The molecule has 0 fully saturated rings. The second-order valence-corrected chi connectivity index (χ2v) is 1.62. The van der Waals surface area contributed by atoms with Crippen LogP contribution >= 0.6 is 0 Å². The molecule has 0 spiro atoms. The zero-order valence-corrected chi connectivity index (χ0v) is 5.41. The third kappa shape index (κ3) is 3.76. The number of hydrogen-bond donors (Lipinski definition) is 1. The maximum atomic E-state index is 11.7. The predicted octanol–water partition coefficient (Wildman–Crippen LogP) is 0.912. The van der Waals surface area contributed by atoms with Gasteiger partial charge in [-0.2, -0.15) is 13.6 Å². The van der Waals surface area contributed by atoms with E-state index >= 15 is 0 Å². The van der Waals surface area contributed by atoms with Gasteiger partial charge in [-0.15, -0.1) is 0 Å². The smallest absolute Gasteiger partial charge is 0.273 e. The lowest BCUT2D eigenvalue weighted by Crippen LogP contribution is -2.38. The van der Waals surface area contributed by atoms with Crippen molar-refractivity contribution < 1.29 is 27.2 Å². The molecule has 1 amide bonds. The van der Waals surface area contributed by atoms with Crippen molar-refractivity contribution in [3.8, 4) is 0 Å². The molecule has 0 rings (SSSR count). The average Bonchev–Trinajstić information content (AvgIpc) is 1.84. The van der Waals surface area contributed by atoms with Gasteiger partial charge in [0.2, 0.25) is 5.91 Å². The molecule has 0 unspecified atom stereocenters. The van der Waals surface area contributed by atoms with E-state index in [2.05, 4.69) is 4.84 Å². The minimum Gasteiger partial charge on any atom is -0.273 e. The monoisotopic (exact) mass is 175 g/mol. The summed E-state index contributed by atoms with van der Waals surface area (Å²) in [6.45, 7) is 0.849. The Labute approximate surface area is 59.3 Å². The summed E-state index contributed by atoms with van der Waals surface area (Å²) < 4.78 is 45.9. The Hall–Kier alpha value is -0.850. The van der Waals surface area contributed by atoms with E-state index in [-0.39, 0.29) is 0 Å². The first kappa shape index (κ1) is 10.2. The highest BCUT2D eigenvalue weighted by Crippen LogP contribution is 2.22. The molecule has 0 aliphatic rings. The molecule has 0 aliphatic carbocycles. The van der Waals surface area contributed by atoms with Crippen LogP contribution in [0.15, 0.2) is 0 Å². The summed E-state index contributed by atoms with van der Waals surface area (Å²) in [7, 11) is 0. The zero-order valence-electron chi connectivity index (χ0n) is 5.41. The second kappa shape index (κ2) is 3.51. The number of alkyl halides is 4. The molecule has 0 aromatic heterocycles. The van der Waals surface area contributed by atoms with Gasteiger partial charge in [-0.1, -0.05) is 0 Å². The van der Waals surface area contributed by atoms with Crippen molar-refractivity contribution in [1.82, 2.24) is 5.48 Å². The van der Waals surface area contributed by atoms with E-state index in [0.29, 0.717) is 0 Å². The summed E-state index contributed by atoms with van der Waals surface area (Å²) in [5.74, 6) is -0.981. The molecule has 0 atom stereocenters. The van der Waals surface area contributed by atoms with Gasteiger partial charge in [-0.05, 0) is 0 Å². The van der Waals surface area contributed by atoms with E-state index < -0.39 is 18.4 Å². The average molecular weight is 175 g/mol. The summed E-state index contributed by atoms with van der Waals surface area (Å²) >= 11 is 0. The molecule has 0 aromatic rings. The van der Waals surface area contributed by atoms with Gasteiger partial charge >= 0.3 is 12.5 Å². The Morgan fingerprint density at radius 1 is 1.55 bits per heavy atom. The van der Waals surface area contributed by atoms with Crippen LogP contribution in [0, 0.1) is 0 Å². The number of hydrogen-bond acceptors (Lipinski definition) is 2. The van der Waals surface area contributed by atoms with Crippen molar-refractivity contribution in [2.24, 2.45) is 0 Å². The van der Waals surface area contributed by atoms with E-state index in [1.165, 1.54) is 0 Å². The summed E-state index contributed by atoms with van der Waals surface area (Å²) in [5, 5.41) is 0. The Morgan fingerprint density at radius 3 is 2.27 bits per heavy atom. The van der Waals surface area contributed by atoms with E-state index in [0.717, 1.165) is 12.4 Å². The van der Waals surface area contributed by atoms with E-state index in [4.69, 9.17) is 0 Å². The van der Waals surface area contributed by atoms with E-state index in [1.807, 2.05) is 0 Å².